The molecule has 5 nitrogen and oxygen atoms in total. The number of ether oxygens (including phenoxy) is 1. The highest BCUT2D eigenvalue weighted by Crippen LogP contribution is 2.31. The number of hydrogen-bond donors (Lipinski definition) is 2. The van der Waals surface area contributed by atoms with E-state index < -0.39 is 0 Å². The van der Waals surface area contributed by atoms with Crippen LogP contribution in [0.1, 0.15) is 27.9 Å². The molecular formula is C19H16BrNO4. The highest BCUT2D eigenvalue weighted by molar-refractivity contribution is 9.10. The first-order valence-electron chi connectivity index (χ1n) is 7.70. The van der Waals surface area contributed by atoms with E-state index in [1.165, 1.54) is 7.11 Å². The van der Waals surface area contributed by atoms with E-state index in [1.807, 2.05) is 12.1 Å². The number of methoxy groups -OCH3 is 1. The fraction of sp³-hybridized carbons (Fsp3) is 0.158. The maximum atomic E-state index is 12.8. The lowest BCUT2D eigenvalue weighted by Crippen LogP contribution is -2.03. The molecule has 128 valence electrons. The summed E-state index contributed by atoms with van der Waals surface area (Å²) in [4.78, 5) is 26.8. The van der Waals surface area contributed by atoms with Crippen molar-refractivity contribution in [2.24, 2.45) is 0 Å². The van der Waals surface area contributed by atoms with Gasteiger partial charge in [0.05, 0.1) is 18.2 Å². The summed E-state index contributed by atoms with van der Waals surface area (Å²) in [5.74, 6) is -0.673. The molecule has 0 aliphatic carbocycles. The number of nitrogens with one attached hydrogen (secondary N) is 1. The molecule has 0 aliphatic heterocycles. The summed E-state index contributed by atoms with van der Waals surface area (Å²) in [5.41, 5.74) is 2.35. The fourth-order valence-corrected chi connectivity index (χ4v) is 3.06. The smallest absolute Gasteiger partial charge is 0.305 e. The van der Waals surface area contributed by atoms with Crippen molar-refractivity contribution >= 4 is 38.6 Å². The highest BCUT2D eigenvalue weighted by atomic mass is 79.9. The number of aromatic hydroxyl groups is 1. The van der Waals surface area contributed by atoms with E-state index in [9.17, 15) is 14.7 Å². The van der Waals surface area contributed by atoms with E-state index in [0.29, 0.717) is 29.3 Å². The predicted octanol–water partition coefficient (Wildman–Crippen LogP) is 3.97. The van der Waals surface area contributed by atoms with Gasteiger partial charge in [0, 0.05) is 21.8 Å². The Morgan fingerprint density at radius 3 is 2.56 bits per heavy atom. The number of aromatic amines is 1. The molecule has 0 saturated carbocycles. The first-order valence-corrected chi connectivity index (χ1v) is 8.49. The molecule has 1 heterocycles. The number of carbonyl (C=O) groups is 2. The number of aryl methyl sites for hydroxylation is 1. The number of benzene rings is 2. The van der Waals surface area contributed by atoms with E-state index in [2.05, 4.69) is 25.7 Å². The van der Waals surface area contributed by atoms with Crippen molar-refractivity contribution in [1.82, 2.24) is 4.98 Å². The van der Waals surface area contributed by atoms with Gasteiger partial charge in [-0.2, -0.15) is 0 Å². The van der Waals surface area contributed by atoms with Gasteiger partial charge in [-0.1, -0.05) is 46.3 Å². The van der Waals surface area contributed by atoms with Gasteiger partial charge in [-0.3, -0.25) is 9.59 Å². The van der Waals surface area contributed by atoms with Crippen molar-refractivity contribution in [3.63, 3.8) is 0 Å². The van der Waals surface area contributed by atoms with Crippen LogP contribution in [0.25, 0.3) is 10.9 Å². The van der Waals surface area contributed by atoms with Crippen LogP contribution in [0.15, 0.2) is 46.9 Å². The third-order valence-corrected chi connectivity index (χ3v) is 4.52. The van der Waals surface area contributed by atoms with Gasteiger partial charge in [0.1, 0.15) is 0 Å². The summed E-state index contributed by atoms with van der Waals surface area (Å²) in [6.45, 7) is 0. The van der Waals surface area contributed by atoms with Crippen LogP contribution in [-0.4, -0.2) is 29.0 Å². The molecule has 0 unspecified atom stereocenters. The molecule has 0 fully saturated rings. The van der Waals surface area contributed by atoms with Crippen LogP contribution in [0.5, 0.6) is 5.88 Å². The maximum absolute atomic E-state index is 12.8. The van der Waals surface area contributed by atoms with Crippen molar-refractivity contribution < 1.29 is 19.4 Å². The van der Waals surface area contributed by atoms with Crippen molar-refractivity contribution in [2.45, 2.75) is 12.8 Å². The summed E-state index contributed by atoms with van der Waals surface area (Å²) in [6, 6.07) is 12.4. The Morgan fingerprint density at radius 1 is 1.16 bits per heavy atom. The van der Waals surface area contributed by atoms with Crippen LogP contribution in [0.4, 0.5) is 0 Å². The summed E-state index contributed by atoms with van der Waals surface area (Å²) in [7, 11) is 1.36. The van der Waals surface area contributed by atoms with Gasteiger partial charge in [0.2, 0.25) is 5.88 Å². The van der Waals surface area contributed by atoms with E-state index in [-0.39, 0.29) is 23.2 Å². The lowest BCUT2D eigenvalue weighted by molar-refractivity contribution is -0.140. The summed E-state index contributed by atoms with van der Waals surface area (Å²) >= 11 is 3.37. The van der Waals surface area contributed by atoms with E-state index in [1.54, 1.807) is 30.3 Å². The van der Waals surface area contributed by atoms with E-state index in [4.69, 9.17) is 0 Å². The quantitative estimate of drug-likeness (QED) is 0.500. The normalized spacial score (nSPS) is 10.8. The van der Waals surface area contributed by atoms with Gasteiger partial charge in [-0.15, -0.1) is 0 Å². The largest absolute Gasteiger partial charge is 0.494 e. The zero-order valence-corrected chi connectivity index (χ0v) is 15.1. The predicted molar refractivity (Wildman–Crippen MR) is 97.9 cm³/mol. The van der Waals surface area contributed by atoms with Gasteiger partial charge in [-0.25, -0.2) is 0 Å². The van der Waals surface area contributed by atoms with E-state index in [0.717, 1.165) is 10.0 Å². The molecule has 3 aromatic rings. The van der Waals surface area contributed by atoms with Crippen molar-refractivity contribution in [1.29, 1.82) is 0 Å². The monoisotopic (exact) mass is 401 g/mol. The third-order valence-electron chi connectivity index (χ3n) is 4.03. The first kappa shape index (κ1) is 17.2. The van der Waals surface area contributed by atoms with Crippen LogP contribution in [0.3, 0.4) is 0 Å². The Kier molecular flexibility index (Phi) is 4.90. The lowest BCUT2D eigenvalue weighted by atomic mass is 10.00. The molecule has 2 aromatic carbocycles. The Labute approximate surface area is 152 Å². The second-order valence-corrected chi connectivity index (χ2v) is 6.56. The van der Waals surface area contributed by atoms with Gasteiger partial charge < -0.3 is 14.8 Å². The van der Waals surface area contributed by atoms with Crippen molar-refractivity contribution in [3.8, 4) is 5.88 Å². The standard InChI is InChI=1S/C19H16BrNO4/c1-25-16(22)9-4-11-2-5-12(6-3-11)18(23)17-14-8-7-13(20)10-15(14)21-19(17)24/h2-3,5-8,10,21,24H,4,9H2,1H3. The van der Waals surface area contributed by atoms with Crippen LogP contribution in [0, 0.1) is 0 Å². The maximum Gasteiger partial charge on any atom is 0.305 e. The highest BCUT2D eigenvalue weighted by Gasteiger charge is 2.20. The molecule has 0 saturated heterocycles. The molecule has 1 aromatic heterocycles. The average molecular weight is 402 g/mol. The van der Waals surface area contributed by atoms with Gasteiger partial charge in [-0.05, 0) is 24.1 Å². The number of halogens is 1. The molecule has 0 atom stereocenters. The molecular weight excluding hydrogens is 386 g/mol. The summed E-state index contributed by atoms with van der Waals surface area (Å²) in [5, 5.41) is 10.8. The molecule has 0 aliphatic rings. The minimum Gasteiger partial charge on any atom is -0.494 e. The van der Waals surface area contributed by atoms with Gasteiger partial charge in [0.25, 0.3) is 0 Å². The number of H-pyrrole nitrogens is 1. The number of rotatable bonds is 5. The number of fused-ring (bicyclic) bond motifs is 1. The van der Waals surface area contributed by atoms with Gasteiger partial charge in [0.15, 0.2) is 5.78 Å². The second-order valence-electron chi connectivity index (χ2n) is 5.64. The minimum absolute atomic E-state index is 0.145. The average Bonchev–Trinajstić information content (AvgIpc) is 2.94. The zero-order valence-electron chi connectivity index (χ0n) is 13.5. The van der Waals surface area contributed by atoms with Crippen LogP contribution in [0.2, 0.25) is 0 Å². The molecule has 3 rings (SSSR count). The SMILES string of the molecule is COC(=O)CCc1ccc(C(=O)c2c(O)[nH]c3cc(Br)ccc23)cc1. The number of ketones is 1. The Hall–Kier alpha value is -2.60. The van der Waals surface area contributed by atoms with Crippen LogP contribution in [-0.2, 0) is 16.0 Å². The second kappa shape index (κ2) is 7.11. The van der Waals surface area contributed by atoms with E-state index >= 15 is 0 Å². The third kappa shape index (κ3) is 3.58. The number of carbonyl (C=O) groups excluding carboxylic acids is 2. The zero-order chi connectivity index (χ0) is 18.0. The topological polar surface area (TPSA) is 79.4 Å². The van der Waals surface area contributed by atoms with Gasteiger partial charge >= 0.3 is 5.97 Å². The molecule has 0 radical (unpaired) electrons. The van der Waals surface area contributed by atoms with Crippen molar-refractivity contribution in [2.75, 3.05) is 7.11 Å². The molecule has 0 amide bonds. The number of esters is 1. The van der Waals surface area contributed by atoms with Crippen molar-refractivity contribution in [3.05, 3.63) is 63.6 Å². The Morgan fingerprint density at radius 2 is 1.88 bits per heavy atom. The summed E-state index contributed by atoms with van der Waals surface area (Å²) in [6.07, 6.45) is 0.843. The Balaban J connectivity index is 1.86. The molecule has 25 heavy (non-hydrogen) atoms. The number of hydrogen-bond acceptors (Lipinski definition) is 4. The van der Waals surface area contributed by atoms with Crippen LogP contribution >= 0.6 is 15.9 Å². The summed E-state index contributed by atoms with van der Waals surface area (Å²) < 4.78 is 5.47. The molecule has 0 spiro atoms. The first-order chi connectivity index (χ1) is 12.0. The minimum atomic E-state index is -0.268. The number of aromatic nitrogens is 1. The molecule has 6 heteroatoms. The lowest BCUT2D eigenvalue weighted by Gasteiger charge is -2.04. The fourth-order valence-electron chi connectivity index (χ4n) is 2.70. The Bertz CT molecular complexity index is 944. The van der Waals surface area contributed by atoms with Crippen LogP contribution < -0.4 is 0 Å². The molecule has 0 bridgehead atoms. The molecule has 2 N–H and O–H groups in total.